The number of nitrogens with zero attached hydrogens (tertiary/aromatic N) is 2. The van der Waals surface area contributed by atoms with E-state index in [9.17, 15) is 4.79 Å². The lowest BCUT2D eigenvalue weighted by Gasteiger charge is -2.02. The molecule has 4 nitrogen and oxygen atoms in total. The van der Waals surface area contributed by atoms with Gasteiger partial charge in [-0.3, -0.25) is 4.79 Å². The molecule has 0 aliphatic heterocycles. The molecule has 0 atom stereocenters. The van der Waals surface area contributed by atoms with Crippen LogP contribution in [0, 0.1) is 6.92 Å². The van der Waals surface area contributed by atoms with Gasteiger partial charge in [0, 0.05) is 12.3 Å². The third-order valence-corrected chi connectivity index (χ3v) is 1.54. The summed E-state index contributed by atoms with van der Waals surface area (Å²) in [5, 5.41) is 3.99. The van der Waals surface area contributed by atoms with E-state index in [-0.39, 0.29) is 0 Å². The minimum Gasteiger partial charge on any atom is -0.360 e. The van der Waals surface area contributed by atoms with Crippen molar-refractivity contribution in [2.24, 2.45) is 0 Å². The highest BCUT2D eigenvalue weighted by Gasteiger charge is 2.01. The van der Waals surface area contributed by atoms with E-state index in [1.165, 1.54) is 0 Å². The Hall–Kier alpha value is -1.16. The van der Waals surface area contributed by atoms with E-state index in [0.29, 0.717) is 19.0 Å². The van der Waals surface area contributed by atoms with E-state index in [2.05, 4.69) is 5.10 Å². The van der Waals surface area contributed by atoms with Crippen LogP contribution in [0.4, 0.5) is 0 Å². The molecule has 0 N–H and O–H groups in total. The van der Waals surface area contributed by atoms with Crippen molar-refractivity contribution in [2.75, 3.05) is 6.61 Å². The normalized spacial score (nSPS) is 10.2. The van der Waals surface area contributed by atoms with Crippen LogP contribution >= 0.6 is 0 Å². The largest absolute Gasteiger partial charge is 0.360 e. The summed E-state index contributed by atoms with van der Waals surface area (Å²) in [5.41, 5.74) is 1.39. The van der Waals surface area contributed by atoms with E-state index in [0.717, 1.165) is 12.0 Å². The molecule has 0 aliphatic rings. The molecule has 4 heteroatoms. The Balaban J connectivity index is 2.70. The average Bonchev–Trinajstić information content (AvgIpc) is 2.43. The van der Waals surface area contributed by atoms with Crippen molar-refractivity contribution in [2.45, 2.75) is 20.6 Å². The van der Waals surface area contributed by atoms with Crippen molar-refractivity contribution in [3.8, 4) is 0 Å². The van der Waals surface area contributed by atoms with E-state index < -0.39 is 0 Å². The van der Waals surface area contributed by atoms with Crippen LogP contribution in [0.25, 0.3) is 0 Å². The number of hydrogen-bond donors (Lipinski definition) is 0. The zero-order valence-corrected chi connectivity index (χ0v) is 7.28. The van der Waals surface area contributed by atoms with Gasteiger partial charge in [-0.15, -0.1) is 0 Å². The number of aryl methyl sites for hydroxylation is 1. The van der Waals surface area contributed by atoms with E-state index in [1.54, 1.807) is 10.7 Å². The quantitative estimate of drug-likeness (QED) is 0.630. The van der Waals surface area contributed by atoms with E-state index >= 15 is 0 Å². The zero-order chi connectivity index (χ0) is 8.97. The third-order valence-electron chi connectivity index (χ3n) is 1.54. The molecule has 0 saturated heterocycles. The van der Waals surface area contributed by atoms with Gasteiger partial charge in [0.1, 0.15) is 12.4 Å². The summed E-state index contributed by atoms with van der Waals surface area (Å²) in [5.74, 6) is 0. The molecule has 66 valence electrons. The topological polar surface area (TPSA) is 44.1 Å². The smallest absolute Gasteiger partial charge is 0.170 e. The van der Waals surface area contributed by atoms with Gasteiger partial charge >= 0.3 is 0 Å². The minimum absolute atomic E-state index is 0.413. The SMILES string of the molecule is CCOCn1nc(C=O)cc1C. The number of hydrogen-bond acceptors (Lipinski definition) is 3. The zero-order valence-electron chi connectivity index (χ0n) is 7.28. The molecule has 0 aromatic carbocycles. The van der Waals surface area contributed by atoms with E-state index in [1.807, 2.05) is 13.8 Å². The maximum Gasteiger partial charge on any atom is 0.170 e. The van der Waals surface area contributed by atoms with Gasteiger partial charge in [0.05, 0.1) is 0 Å². The number of aldehydes is 1. The lowest BCUT2D eigenvalue weighted by atomic mass is 10.4. The van der Waals surface area contributed by atoms with Crippen molar-refractivity contribution in [1.29, 1.82) is 0 Å². The first-order valence-corrected chi connectivity index (χ1v) is 3.85. The van der Waals surface area contributed by atoms with Gasteiger partial charge < -0.3 is 4.74 Å². The molecule has 0 amide bonds. The first-order chi connectivity index (χ1) is 5.77. The Morgan fingerprint density at radius 1 is 1.75 bits per heavy atom. The molecule has 0 saturated carbocycles. The summed E-state index contributed by atoms with van der Waals surface area (Å²) < 4.78 is 6.80. The fraction of sp³-hybridized carbons (Fsp3) is 0.500. The first-order valence-electron chi connectivity index (χ1n) is 3.85. The van der Waals surface area contributed by atoms with Gasteiger partial charge in [0.2, 0.25) is 0 Å². The van der Waals surface area contributed by atoms with E-state index in [4.69, 9.17) is 4.74 Å². The summed E-state index contributed by atoms with van der Waals surface area (Å²) in [6.45, 7) is 4.87. The average molecular weight is 168 g/mol. The van der Waals surface area contributed by atoms with Gasteiger partial charge in [0.25, 0.3) is 0 Å². The highest BCUT2D eigenvalue weighted by Crippen LogP contribution is 2.00. The summed E-state index contributed by atoms with van der Waals surface area (Å²) in [7, 11) is 0. The van der Waals surface area contributed by atoms with Gasteiger partial charge in [-0.2, -0.15) is 5.10 Å². The molecule has 0 bridgehead atoms. The standard InChI is InChI=1S/C8H12N2O2/c1-3-12-6-10-7(2)4-8(5-11)9-10/h4-5H,3,6H2,1-2H3. The summed E-state index contributed by atoms with van der Waals surface area (Å²) in [4.78, 5) is 10.3. The predicted octanol–water partition coefficient (Wildman–Crippen LogP) is 0.998. The van der Waals surface area contributed by atoms with Crippen LogP contribution in [0.3, 0.4) is 0 Å². The molecular formula is C8H12N2O2. The molecule has 0 aliphatic carbocycles. The van der Waals surface area contributed by atoms with Crippen molar-refractivity contribution in [3.63, 3.8) is 0 Å². The fourth-order valence-electron chi connectivity index (χ4n) is 0.902. The first kappa shape index (κ1) is 8.93. The molecule has 1 aromatic rings. The number of ether oxygens (including phenoxy) is 1. The Morgan fingerprint density at radius 2 is 2.50 bits per heavy atom. The van der Waals surface area contributed by atoms with Gasteiger partial charge in [-0.1, -0.05) is 0 Å². The molecule has 12 heavy (non-hydrogen) atoms. The van der Waals surface area contributed by atoms with Crippen LogP contribution in [0.5, 0.6) is 0 Å². The molecule has 1 heterocycles. The van der Waals surface area contributed by atoms with Crippen LogP contribution in [0.2, 0.25) is 0 Å². The second kappa shape index (κ2) is 4.01. The summed E-state index contributed by atoms with van der Waals surface area (Å²) >= 11 is 0. The lowest BCUT2D eigenvalue weighted by molar-refractivity contribution is 0.0773. The van der Waals surface area contributed by atoms with Gasteiger partial charge in [-0.25, -0.2) is 4.68 Å². The Kier molecular flexibility index (Phi) is 2.99. The Bertz CT molecular complexity index is 268. The van der Waals surface area contributed by atoms with Crippen molar-refractivity contribution < 1.29 is 9.53 Å². The van der Waals surface area contributed by atoms with Crippen LogP contribution in [-0.2, 0) is 11.5 Å². The predicted molar refractivity (Wildman–Crippen MR) is 44.0 cm³/mol. The van der Waals surface area contributed by atoms with Gasteiger partial charge in [0.15, 0.2) is 6.29 Å². The highest BCUT2D eigenvalue weighted by molar-refractivity contribution is 5.71. The molecule has 0 radical (unpaired) electrons. The molecule has 0 fully saturated rings. The maximum atomic E-state index is 10.3. The molecule has 1 aromatic heterocycles. The highest BCUT2D eigenvalue weighted by atomic mass is 16.5. The van der Waals surface area contributed by atoms with Crippen molar-refractivity contribution in [3.05, 3.63) is 17.5 Å². The lowest BCUT2D eigenvalue weighted by Crippen LogP contribution is -2.05. The van der Waals surface area contributed by atoms with Crippen molar-refractivity contribution >= 4 is 6.29 Å². The minimum atomic E-state index is 0.413. The molecule has 1 rings (SSSR count). The third kappa shape index (κ3) is 1.92. The number of carbonyl (C=O) groups is 1. The number of rotatable bonds is 4. The Morgan fingerprint density at radius 3 is 3.00 bits per heavy atom. The fourth-order valence-corrected chi connectivity index (χ4v) is 0.902. The molecule has 0 unspecified atom stereocenters. The monoisotopic (exact) mass is 168 g/mol. The Labute approximate surface area is 71.1 Å². The number of carbonyl (C=O) groups excluding carboxylic acids is 1. The van der Waals surface area contributed by atoms with Crippen molar-refractivity contribution in [1.82, 2.24) is 9.78 Å². The summed E-state index contributed by atoms with van der Waals surface area (Å²) in [6.07, 6.45) is 0.732. The van der Waals surface area contributed by atoms with Crippen LogP contribution in [0.15, 0.2) is 6.07 Å². The van der Waals surface area contributed by atoms with Crippen LogP contribution in [0.1, 0.15) is 23.1 Å². The van der Waals surface area contributed by atoms with Gasteiger partial charge in [-0.05, 0) is 19.9 Å². The second-order valence-corrected chi connectivity index (χ2v) is 2.45. The number of aromatic nitrogens is 2. The van der Waals surface area contributed by atoms with Crippen LogP contribution in [-0.4, -0.2) is 22.7 Å². The van der Waals surface area contributed by atoms with Crippen LogP contribution < -0.4 is 0 Å². The second-order valence-electron chi connectivity index (χ2n) is 2.45. The molecular weight excluding hydrogens is 156 g/mol. The maximum absolute atomic E-state index is 10.3. The summed E-state index contributed by atoms with van der Waals surface area (Å²) in [6, 6.07) is 1.73. The molecule has 0 spiro atoms.